The minimum Gasteiger partial charge on any atom is -0.481 e. The summed E-state index contributed by atoms with van der Waals surface area (Å²) in [6, 6.07) is -0.857. The highest BCUT2D eigenvalue weighted by molar-refractivity contribution is 5.83. The van der Waals surface area contributed by atoms with Crippen molar-refractivity contribution < 1.29 is 14.7 Å². The second-order valence-corrected chi connectivity index (χ2v) is 5.91. The van der Waals surface area contributed by atoms with E-state index in [9.17, 15) is 14.7 Å². The average molecular weight is 256 g/mol. The van der Waals surface area contributed by atoms with Crippen LogP contribution in [0.5, 0.6) is 0 Å². The molecular weight excluding hydrogens is 232 g/mol. The number of hydrogen-bond donors (Lipinski definition) is 3. The molecule has 0 radical (unpaired) electrons. The van der Waals surface area contributed by atoms with Gasteiger partial charge in [0.2, 0.25) is 5.91 Å². The first kappa shape index (κ1) is 15.0. The molecule has 1 fully saturated rings. The molecule has 0 bridgehead atoms. The quantitative estimate of drug-likeness (QED) is 0.687. The smallest absolute Gasteiger partial charge is 0.311 e. The number of carboxylic acids is 1. The topological polar surface area (TPSA) is 92.4 Å². The van der Waals surface area contributed by atoms with Crippen LogP contribution in [0.4, 0.5) is 0 Å². The van der Waals surface area contributed by atoms with Crippen LogP contribution in [0.2, 0.25) is 0 Å². The van der Waals surface area contributed by atoms with E-state index in [2.05, 4.69) is 5.32 Å². The third kappa shape index (κ3) is 3.22. The van der Waals surface area contributed by atoms with Crippen molar-refractivity contribution in [2.45, 2.75) is 58.5 Å². The molecule has 1 saturated carbocycles. The van der Waals surface area contributed by atoms with E-state index in [1.807, 2.05) is 13.8 Å². The van der Waals surface area contributed by atoms with E-state index >= 15 is 0 Å². The lowest BCUT2D eigenvalue weighted by atomic mass is 9.84. The highest BCUT2D eigenvalue weighted by Crippen LogP contribution is 2.38. The van der Waals surface area contributed by atoms with Crippen LogP contribution in [0.15, 0.2) is 0 Å². The Labute approximate surface area is 108 Å². The predicted octanol–water partition coefficient (Wildman–Crippen LogP) is 1.12. The highest BCUT2D eigenvalue weighted by Gasteiger charge is 2.46. The Bertz CT molecular complexity index is 330. The zero-order valence-electron chi connectivity index (χ0n) is 11.4. The fraction of sp³-hybridized carbons (Fsp3) is 0.846. The maximum Gasteiger partial charge on any atom is 0.311 e. The number of hydrogen-bond acceptors (Lipinski definition) is 3. The van der Waals surface area contributed by atoms with Crippen LogP contribution in [0, 0.1) is 11.3 Å². The fourth-order valence-corrected chi connectivity index (χ4v) is 2.55. The minimum absolute atomic E-state index is 0.233. The molecule has 0 saturated heterocycles. The molecule has 0 spiro atoms. The standard InChI is InChI=1S/C13H24N2O3/c1-8(2)7-9(14)11(16)15-10-5-4-6-13(10,3)12(17)18/h8-10H,4-7,14H2,1-3H3,(H,15,16)(H,17,18)/t9-,10?,13?/m1/s1. The Morgan fingerprint density at radius 2 is 2.11 bits per heavy atom. The van der Waals surface area contributed by atoms with Crippen molar-refractivity contribution in [3.05, 3.63) is 0 Å². The van der Waals surface area contributed by atoms with Crippen molar-refractivity contribution in [3.63, 3.8) is 0 Å². The van der Waals surface area contributed by atoms with Gasteiger partial charge < -0.3 is 16.2 Å². The molecule has 0 aliphatic heterocycles. The van der Waals surface area contributed by atoms with Gasteiger partial charge in [0.1, 0.15) is 0 Å². The summed E-state index contributed by atoms with van der Waals surface area (Å²) in [6.07, 6.45) is 2.76. The van der Waals surface area contributed by atoms with Gasteiger partial charge in [-0.3, -0.25) is 9.59 Å². The van der Waals surface area contributed by atoms with Crippen molar-refractivity contribution in [1.29, 1.82) is 0 Å². The molecule has 2 unspecified atom stereocenters. The Morgan fingerprint density at radius 3 is 2.61 bits per heavy atom. The fourth-order valence-electron chi connectivity index (χ4n) is 2.55. The molecule has 1 aliphatic rings. The van der Waals surface area contributed by atoms with E-state index in [-0.39, 0.29) is 11.9 Å². The van der Waals surface area contributed by atoms with Crippen molar-refractivity contribution in [1.82, 2.24) is 5.32 Å². The molecule has 5 nitrogen and oxygen atoms in total. The lowest BCUT2D eigenvalue weighted by Gasteiger charge is -2.29. The van der Waals surface area contributed by atoms with E-state index < -0.39 is 17.4 Å². The van der Waals surface area contributed by atoms with E-state index in [0.717, 1.165) is 6.42 Å². The predicted molar refractivity (Wildman–Crippen MR) is 69.0 cm³/mol. The number of rotatable bonds is 5. The van der Waals surface area contributed by atoms with Crippen molar-refractivity contribution >= 4 is 11.9 Å². The Morgan fingerprint density at radius 1 is 1.50 bits per heavy atom. The molecule has 0 aromatic heterocycles. The highest BCUT2D eigenvalue weighted by atomic mass is 16.4. The van der Waals surface area contributed by atoms with E-state index in [1.165, 1.54) is 0 Å². The van der Waals surface area contributed by atoms with Gasteiger partial charge >= 0.3 is 5.97 Å². The molecule has 1 amide bonds. The van der Waals surface area contributed by atoms with Gasteiger partial charge in [-0.1, -0.05) is 20.3 Å². The Balaban J connectivity index is 2.61. The lowest BCUT2D eigenvalue weighted by molar-refractivity contribution is -0.149. The van der Waals surface area contributed by atoms with Crippen molar-refractivity contribution in [2.24, 2.45) is 17.1 Å². The van der Waals surface area contributed by atoms with Crippen molar-refractivity contribution in [3.8, 4) is 0 Å². The van der Waals surface area contributed by atoms with E-state index in [1.54, 1.807) is 6.92 Å². The summed E-state index contributed by atoms with van der Waals surface area (Å²) in [5.41, 5.74) is 4.95. The number of carbonyl (C=O) groups excluding carboxylic acids is 1. The molecule has 0 heterocycles. The largest absolute Gasteiger partial charge is 0.481 e. The Hall–Kier alpha value is -1.10. The first-order chi connectivity index (χ1) is 8.27. The second-order valence-electron chi connectivity index (χ2n) is 5.91. The number of carboxylic acid groups (broad SMARTS) is 1. The summed E-state index contributed by atoms with van der Waals surface area (Å²) in [6.45, 7) is 5.70. The molecule has 1 aliphatic carbocycles. The number of amides is 1. The first-order valence-corrected chi connectivity index (χ1v) is 6.56. The van der Waals surface area contributed by atoms with Crippen LogP contribution < -0.4 is 11.1 Å². The van der Waals surface area contributed by atoms with Crippen LogP contribution in [0.1, 0.15) is 46.5 Å². The molecule has 3 atom stereocenters. The van der Waals surface area contributed by atoms with Crippen LogP contribution in [0.3, 0.4) is 0 Å². The maximum absolute atomic E-state index is 11.9. The Kier molecular flexibility index (Phi) is 4.73. The molecule has 18 heavy (non-hydrogen) atoms. The van der Waals surface area contributed by atoms with Gasteiger partial charge in [-0.15, -0.1) is 0 Å². The van der Waals surface area contributed by atoms with E-state index in [0.29, 0.717) is 25.2 Å². The van der Waals surface area contributed by atoms with Gasteiger partial charge in [-0.2, -0.15) is 0 Å². The van der Waals surface area contributed by atoms with Gasteiger partial charge in [0.15, 0.2) is 0 Å². The molecule has 104 valence electrons. The minimum atomic E-state index is -0.854. The summed E-state index contributed by atoms with van der Waals surface area (Å²) < 4.78 is 0. The summed E-state index contributed by atoms with van der Waals surface area (Å²) in [7, 11) is 0. The summed E-state index contributed by atoms with van der Waals surface area (Å²) in [5, 5.41) is 12.1. The number of aliphatic carboxylic acids is 1. The van der Waals surface area contributed by atoms with Crippen LogP contribution in [-0.4, -0.2) is 29.1 Å². The second kappa shape index (κ2) is 5.69. The molecule has 1 rings (SSSR count). The average Bonchev–Trinajstić information content (AvgIpc) is 2.60. The van der Waals surface area contributed by atoms with Gasteiger partial charge in [-0.05, 0) is 32.1 Å². The normalized spacial score (nSPS) is 29.3. The molecule has 0 aromatic carbocycles. The molecule has 5 heteroatoms. The van der Waals surface area contributed by atoms with Gasteiger partial charge in [-0.25, -0.2) is 0 Å². The van der Waals surface area contributed by atoms with Gasteiger partial charge in [0.05, 0.1) is 11.5 Å². The number of carbonyl (C=O) groups is 2. The first-order valence-electron chi connectivity index (χ1n) is 6.56. The molecular formula is C13H24N2O3. The molecule has 4 N–H and O–H groups in total. The number of nitrogens with one attached hydrogen (secondary N) is 1. The van der Waals surface area contributed by atoms with Gasteiger partial charge in [0.25, 0.3) is 0 Å². The van der Waals surface area contributed by atoms with Crippen LogP contribution in [0.25, 0.3) is 0 Å². The summed E-state index contributed by atoms with van der Waals surface area (Å²) in [4.78, 5) is 23.2. The van der Waals surface area contributed by atoms with Gasteiger partial charge in [0, 0.05) is 6.04 Å². The summed E-state index contributed by atoms with van der Waals surface area (Å²) in [5.74, 6) is -0.731. The van der Waals surface area contributed by atoms with Crippen molar-refractivity contribution in [2.75, 3.05) is 0 Å². The monoisotopic (exact) mass is 256 g/mol. The van der Waals surface area contributed by atoms with Crippen LogP contribution in [-0.2, 0) is 9.59 Å². The third-order valence-electron chi connectivity index (χ3n) is 3.83. The third-order valence-corrected chi connectivity index (χ3v) is 3.83. The van der Waals surface area contributed by atoms with Crippen LogP contribution >= 0.6 is 0 Å². The number of nitrogens with two attached hydrogens (primary N) is 1. The maximum atomic E-state index is 11.9. The zero-order chi connectivity index (χ0) is 13.9. The van der Waals surface area contributed by atoms with E-state index in [4.69, 9.17) is 5.73 Å². The summed E-state index contributed by atoms with van der Waals surface area (Å²) >= 11 is 0. The lowest BCUT2D eigenvalue weighted by Crippen LogP contribution is -2.52. The molecule has 0 aromatic rings. The SMILES string of the molecule is CC(C)C[C@@H](N)C(=O)NC1CCCC1(C)C(=O)O. The zero-order valence-corrected chi connectivity index (χ0v) is 11.4.